The van der Waals surface area contributed by atoms with E-state index in [0.29, 0.717) is 4.99 Å². The Morgan fingerprint density at radius 3 is 2.40 bits per heavy atom. The molecule has 0 saturated heterocycles. The molecule has 0 aliphatic heterocycles. The fourth-order valence-corrected chi connectivity index (χ4v) is 2.49. The SMILES string of the molecule is Cc1cc(C(N)=S)ccc1CN(C)c1ccccc1C. The van der Waals surface area contributed by atoms with Crippen LogP contribution < -0.4 is 10.6 Å². The van der Waals surface area contributed by atoms with Crippen LogP contribution in [0.4, 0.5) is 5.69 Å². The summed E-state index contributed by atoms with van der Waals surface area (Å²) in [6, 6.07) is 14.6. The molecule has 0 fully saturated rings. The Kier molecular flexibility index (Phi) is 4.40. The molecule has 0 aromatic heterocycles. The Morgan fingerprint density at radius 2 is 1.80 bits per heavy atom. The van der Waals surface area contributed by atoms with Gasteiger partial charge in [-0.2, -0.15) is 0 Å². The molecule has 20 heavy (non-hydrogen) atoms. The predicted octanol–water partition coefficient (Wildman–Crippen LogP) is 3.57. The Labute approximate surface area is 126 Å². The third-order valence-corrected chi connectivity index (χ3v) is 3.80. The molecule has 0 heterocycles. The topological polar surface area (TPSA) is 29.3 Å². The highest BCUT2D eigenvalue weighted by molar-refractivity contribution is 7.80. The first-order chi connectivity index (χ1) is 9.49. The van der Waals surface area contributed by atoms with Crippen molar-refractivity contribution in [1.82, 2.24) is 0 Å². The number of benzene rings is 2. The summed E-state index contributed by atoms with van der Waals surface area (Å²) in [5.74, 6) is 0. The third kappa shape index (κ3) is 3.17. The van der Waals surface area contributed by atoms with Gasteiger partial charge in [-0.05, 0) is 42.7 Å². The van der Waals surface area contributed by atoms with Crippen LogP contribution >= 0.6 is 12.2 Å². The zero-order valence-corrected chi connectivity index (χ0v) is 13.0. The molecule has 0 saturated carbocycles. The van der Waals surface area contributed by atoms with Gasteiger partial charge >= 0.3 is 0 Å². The average molecular weight is 284 g/mol. The van der Waals surface area contributed by atoms with Crippen molar-refractivity contribution in [2.75, 3.05) is 11.9 Å². The first kappa shape index (κ1) is 14.5. The van der Waals surface area contributed by atoms with Crippen LogP contribution in [-0.2, 0) is 6.54 Å². The number of nitrogens with two attached hydrogens (primary N) is 1. The quantitative estimate of drug-likeness (QED) is 0.870. The summed E-state index contributed by atoms with van der Waals surface area (Å²) < 4.78 is 0. The van der Waals surface area contributed by atoms with Gasteiger partial charge in [-0.15, -0.1) is 0 Å². The van der Waals surface area contributed by atoms with Crippen LogP contribution in [0.5, 0.6) is 0 Å². The van der Waals surface area contributed by atoms with Crippen LogP contribution in [0.25, 0.3) is 0 Å². The molecule has 2 rings (SSSR count). The largest absolute Gasteiger partial charge is 0.389 e. The second kappa shape index (κ2) is 6.06. The molecule has 2 aromatic carbocycles. The smallest absolute Gasteiger partial charge is 0.103 e. The maximum Gasteiger partial charge on any atom is 0.103 e. The first-order valence-electron chi connectivity index (χ1n) is 6.65. The molecule has 2 aromatic rings. The van der Waals surface area contributed by atoms with Gasteiger partial charge in [0.15, 0.2) is 0 Å². The van der Waals surface area contributed by atoms with Gasteiger partial charge in [0.25, 0.3) is 0 Å². The lowest BCUT2D eigenvalue weighted by Gasteiger charge is -2.22. The van der Waals surface area contributed by atoms with Crippen LogP contribution in [0, 0.1) is 13.8 Å². The van der Waals surface area contributed by atoms with Crippen molar-refractivity contribution < 1.29 is 0 Å². The molecule has 0 aliphatic carbocycles. The highest BCUT2D eigenvalue weighted by atomic mass is 32.1. The molecule has 3 heteroatoms. The monoisotopic (exact) mass is 284 g/mol. The normalized spacial score (nSPS) is 10.3. The molecule has 0 atom stereocenters. The van der Waals surface area contributed by atoms with E-state index in [2.05, 4.69) is 62.2 Å². The lowest BCUT2D eigenvalue weighted by Crippen LogP contribution is -2.18. The molecule has 0 radical (unpaired) electrons. The molecule has 104 valence electrons. The Hall–Kier alpha value is -1.87. The summed E-state index contributed by atoms with van der Waals surface area (Å²) in [6.07, 6.45) is 0. The Morgan fingerprint density at radius 1 is 1.10 bits per heavy atom. The third-order valence-electron chi connectivity index (χ3n) is 3.56. The molecule has 2 N–H and O–H groups in total. The van der Waals surface area contributed by atoms with E-state index >= 15 is 0 Å². The lowest BCUT2D eigenvalue weighted by atomic mass is 10.0. The van der Waals surface area contributed by atoms with E-state index in [9.17, 15) is 0 Å². The highest BCUT2D eigenvalue weighted by Crippen LogP contribution is 2.21. The lowest BCUT2D eigenvalue weighted by molar-refractivity contribution is 0.909. The van der Waals surface area contributed by atoms with Crippen LogP contribution in [0.3, 0.4) is 0 Å². The van der Waals surface area contributed by atoms with Crippen molar-refractivity contribution >= 4 is 22.9 Å². The molecule has 2 nitrogen and oxygen atoms in total. The van der Waals surface area contributed by atoms with Crippen molar-refractivity contribution in [3.05, 3.63) is 64.7 Å². The van der Waals surface area contributed by atoms with Gasteiger partial charge in [0.1, 0.15) is 4.99 Å². The molecule has 0 unspecified atom stereocenters. The molecule has 0 aliphatic rings. The van der Waals surface area contributed by atoms with Gasteiger partial charge in [-0.25, -0.2) is 0 Å². The van der Waals surface area contributed by atoms with E-state index in [1.807, 2.05) is 6.07 Å². The molecule has 0 bridgehead atoms. The zero-order chi connectivity index (χ0) is 14.7. The van der Waals surface area contributed by atoms with E-state index in [0.717, 1.165) is 12.1 Å². The summed E-state index contributed by atoms with van der Waals surface area (Å²) >= 11 is 5.01. The number of rotatable bonds is 4. The number of para-hydroxylation sites is 1. The van der Waals surface area contributed by atoms with E-state index in [1.54, 1.807) is 0 Å². The molecule has 0 spiro atoms. The van der Waals surface area contributed by atoms with E-state index in [-0.39, 0.29) is 0 Å². The number of hydrogen-bond donors (Lipinski definition) is 1. The van der Waals surface area contributed by atoms with Gasteiger partial charge in [0.05, 0.1) is 0 Å². The van der Waals surface area contributed by atoms with Crippen molar-refractivity contribution in [2.24, 2.45) is 5.73 Å². The summed E-state index contributed by atoms with van der Waals surface area (Å²) in [5, 5.41) is 0. The van der Waals surface area contributed by atoms with Crippen molar-refractivity contribution in [3.63, 3.8) is 0 Å². The van der Waals surface area contributed by atoms with Crippen LogP contribution in [0.15, 0.2) is 42.5 Å². The number of hydrogen-bond acceptors (Lipinski definition) is 2. The van der Waals surface area contributed by atoms with Gasteiger partial charge < -0.3 is 10.6 Å². The number of thiocarbonyl (C=S) groups is 1. The van der Waals surface area contributed by atoms with Gasteiger partial charge in [-0.1, -0.05) is 42.5 Å². The minimum absolute atomic E-state index is 0.451. The second-order valence-corrected chi connectivity index (χ2v) is 5.59. The highest BCUT2D eigenvalue weighted by Gasteiger charge is 2.07. The average Bonchev–Trinajstić information content (AvgIpc) is 2.41. The first-order valence-corrected chi connectivity index (χ1v) is 7.06. The van der Waals surface area contributed by atoms with Gasteiger partial charge in [0, 0.05) is 24.8 Å². The molecule has 0 amide bonds. The number of nitrogens with zero attached hydrogens (tertiary/aromatic N) is 1. The minimum Gasteiger partial charge on any atom is -0.389 e. The summed E-state index contributed by atoms with van der Waals surface area (Å²) in [7, 11) is 2.11. The fraction of sp³-hybridized carbons (Fsp3) is 0.235. The number of aryl methyl sites for hydroxylation is 2. The second-order valence-electron chi connectivity index (χ2n) is 5.15. The van der Waals surface area contributed by atoms with Crippen LogP contribution in [0.1, 0.15) is 22.3 Å². The Balaban J connectivity index is 2.22. The molecular weight excluding hydrogens is 264 g/mol. The Bertz CT molecular complexity index is 635. The fourth-order valence-electron chi connectivity index (χ4n) is 2.36. The standard InChI is InChI=1S/C17H20N2S/c1-12-6-4-5-7-16(12)19(3)11-15-9-8-14(17(18)20)10-13(15)2/h4-10H,11H2,1-3H3,(H2,18,20). The minimum atomic E-state index is 0.451. The summed E-state index contributed by atoms with van der Waals surface area (Å²) in [4.78, 5) is 2.71. The number of anilines is 1. The predicted molar refractivity (Wildman–Crippen MR) is 90.4 cm³/mol. The summed E-state index contributed by atoms with van der Waals surface area (Å²) in [6.45, 7) is 5.10. The van der Waals surface area contributed by atoms with Gasteiger partial charge in [-0.3, -0.25) is 0 Å². The maximum absolute atomic E-state index is 5.67. The van der Waals surface area contributed by atoms with Crippen molar-refractivity contribution in [3.8, 4) is 0 Å². The van der Waals surface area contributed by atoms with Crippen LogP contribution in [0.2, 0.25) is 0 Å². The van der Waals surface area contributed by atoms with E-state index in [1.165, 1.54) is 22.4 Å². The van der Waals surface area contributed by atoms with E-state index < -0.39 is 0 Å². The van der Waals surface area contributed by atoms with Crippen LogP contribution in [-0.4, -0.2) is 12.0 Å². The molecular formula is C17H20N2S. The van der Waals surface area contributed by atoms with E-state index in [4.69, 9.17) is 18.0 Å². The maximum atomic E-state index is 5.67. The van der Waals surface area contributed by atoms with Crippen molar-refractivity contribution in [1.29, 1.82) is 0 Å². The van der Waals surface area contributed by atoms with Gasteiger partial charge in [0.2, 0.25) is 0 Å². The zero-order valence-electron chi connectivity index (χ0n) is 12.2. The van der Waals surface area contributed by atoms with Crippen molar-refractivity contribution in [2.45, 2.75) is 20.4 Å². The summed E-state index contributed by atoms with van der Waals surface area (Å²) in [5.41, 5.74) is 11.6.